The molecule has 20 heavy (non-hydrogen) atoms. The molecule has 0 amide bonds. The summed E-state index contributed by atoms with van der Waals surface area (Å²) in [6.07, 6.45) is 2.03. The molecule has 0 radical (unpaired) electrons. The highest BCUT2D eigenvalue weighted by atomic mass is 35.5. The fourth-order valence-corrected chi connectivity index (χ4v) is 3.43. The van der Waals surface area contributed by atoms with Gasteiger partial charge in [0, 0.05) is 48.9 Å². The highest BCUT2D eigenvalue weighted by Gasteiger charge is 2.16. The van der Waals surface area contributed by atoms with Crippen LogP contribution >= 0.6 is 23.7 Å². The molecule has 1 aromatic carbocycles. The van der Waals surface area contributed by atoms with Crippen LogP contribution in [-0.2, 0) is 6.54 Å². The maximum atomic E-state index is 4.55. The fourth-order valence-electron chi connectivity index (χ4n) is 2.47. The molecular weight excluding hydrogens is 290 g/mol. The van der Waals surface area contributed by atoms with E-state index in [1.807, 2.05) is 23.6 Å². The quantitative estimate of drug-likeness (QED) is 0.944. The summed E-state index contributed by atoms with van der Waals surface area (Å²) in [5.74, 6) is 0. The third-order valence-electron chi connectivity index (χ3n) is 3.41. The summed E-state index contributed by atoms with van der Waals surface area (Å²) in [6.45, 7) is 6.61. The Morgan fingerprint density at radius 3 is 2.90 bits per heavy atom. The topological polar surface area (TPSA) is 28.2 Å². The minimum Gasteiger partial charge on any atom is -0.312 e. The smallest absolute Gasteiger partial charge is 0.123 e. The number of nitrogens with one attached hydrogen (secondary N) is 1. The number of aromatic nitrogens is 1. The Morgan fingerprint density at radius 1 is 1.35 bits per heavy atom. The van der Waals surface area contributed by atoms with Crippen LogP contribution in [0.15, 0.2) is 36.5 Å². The number of hydrogen-bond donors (Lipinski definition) is 1. The third-order valence-corrected chi connectivity index (χ3v) is 4.44. The highest BCUT2D eigenvalue weighted by Crippen LogP contribution is 2.25. The molecule has 0 bridgehead atoms. The van der Waals surface area contributed by atoms with Gasteiger partial charge < -0.3 is 5.32 Å². The lowest BCUT2D eigenvalue weighted by molar-refractivity contribution is 0.201. The number of rotatable bonds is 3. The zero-order chi connectivity index (χ0) is 13.1. The van der Waals surface area contributed by atoms with Gasteiger partial charge in [0.15, 0.2) is 0 Å². The Labute approximate surface area is 130 Å². The molecule has 1 aromatic heterocycles. The summed E-state index contributed by atoms with van der Waals surface area (Å²) < 4.78 is 0. The molecule has 2 heterocycles. The molecule has 0 spiro atoms. The third kappa shape index (κ3) is 3.79. The monoisotopic (exact) mass is 309 g/mol. The molecule has 0 aliphatic carbocycles. The van der Waals surface area contributed by atoms with Crippen LogP contribution < -0.4 is 5.32 Å². The lowest BCUT2D eigenvalue weighted by Crippen LogP contribution is -2.48. The van der Waals surface area contributed by atoms with E-state index in [0.717, 1.165) is 31.2 Å². The molecule has 1 fully saturated rings. The van der Waals surface area contributed by atoms with Gasteiger partial charge in [-0.05, 0) is 6.92 Å². The van der Waals surface area contributed by atoms with Crippen molar-refractivity contribution in [3.05, 3.63) is 41.4 Å². The molecular formula is C15H20ClN3S. The number of benzene rings is 1. The highest BCUT2D eigenvalue weighted by molar-refractivity contribution is 7.15. The van der Waals surface area contributed by atoms with Gasteiger partial charge in [-0.3, -0.25) is 4.90 Å². The van der Waals surface area contributed by atoms with E-state index in [0.29, 0.717) is 6.04 Å². The van der Waals surface area contributed by atoms with Gasteiger partial charge >= 0.3 is 0 Å². The van der Waals surface area contributed by atoms with Crippen molar-refractivity contribution in [2.24, 2.45) is 0 Å². The lowest BCUT2D eigenvalue weighted by Gasteiger charge is -2.31. The molecule has 1 N–H and O–H groups in total. The van der Waals surface area contributed by atoms with Gasteiger partial charge in [-0.2, -0.15) is 0 Å². The van der Waals surface area contributed by atoms with Crippen molar-refractivity contribution in [1.82, 2.24) is 15.2 Å². The summed E-state index contributed by atoms with van der Waals surface area (Å²) in [4.78, 5) is 8.41. The molecule has 2 aromatic rings. The zero-order valence-corrected chi connectivity index (χ0v) is 13.2. The van der Waals surface area contributed by atoms with Gasteiger partial charge in [-0.15, -0.1) is 23.7 Å². The van der Waals surface area contributed by atoms with Crippen LogP contribution in [0, 0.1) is 0 Å². The minimum absolute atomic E-state index is 0. The summed E-state index contributed by atoms with van der Waals surface area (Å²) in [5.41, 5.74) is 1.22. The fraction of sp³-hybridized carbons (Fsp3) is 0.400. The number of hydrogen-bond acceptors (Lipinski definition) is 4. The number of piperazine rings is 1. The zero-order valence-electron chi connectivity index (χ0n) is 11.6. The second kappa shape index (κ2) is 7.18. The van der Waals surface area contributed by atoms with Crippen LogP contribution in [0.25, 0.3) is 10.6 Å². The number of thiazole rings is 1. The molecule has 1 aliphatic rings. The van der Waals surface area contributed by atoms with Crippen molar-refractivity contribution < 1.29 is 0 Å². The van der Waals surface area contributed by atoms with Crippen LogP contribution in [-0.4, -0.2) is 35.6 Å². The Hall–Kier alpha value is -0.940. The predicted octanol–water partition coefficient (Wildman–Crippen LogP) is 3.03. The molecule has 1 atom stereocenters. The number of nitrogens with zero attached hydrogens (tertiary/aromatic N) is 2. The first-order valence-electron chi connectivity index (χ1n) is 6.77. The second-order valence-electron chi connectivity index (χ2n) is 5.09. The van der Waals surface area contributed by atoms with Crippen LogP contribution in [0.1, 0.15) is 11.8 Å². The van der Waals surface area contributed by atoms with Crippen LogP contribution in [0.3, 0.4) is 0 Å². The van der Waals surface area contributed by atoms with E-state index in [1.165, 1.54) is 10.4 Å². The standard InChI is InChI=1S/C15H19N3S.ClH/c1-12-10-18(8-7-16-12)11-14-9-17-15(19-14)13-5-3-2-4-6-13;/h2-6,9,12,16H,7-8,10-11H2,1H3;1H/t12-;/m1./s1. The van der Waals surface area contributed by atoms with Gasteiger partial charge in [-0.1, -0.05) is 30.3 Å². The van der Waals surface area contributed by atoms with Crippen molar-refractivity contribution in [3.8, 4) is 10.6 Å². The first-order valence-corrected chi connectivity index (χ1v) is 7.59. The largest absolute Gasteiger partial charge is 0.312 e. The van der Waals surface area contributed by atoms with Gasteiger partial charge in [0.1, 0.15) is 5.01 Å². The van der Waals surface area contributed by atoms with E-state index in [-0.39, 0.29) is 12.4 Å². The van der Waals surface area contributed by atoms with Crippen molar-refractivity contribution in [2.45, 2.75) is 19.5 Å². The average Bonchev–Trinajstić information content (AvgIpc) is 2.88. The molecule has 1 aliphatic heterocycles. The molecule has 3 nitrogen and oxygen atoms in total. The number of halogens is 1. The van der Waals surface area contributed by atoms with Gasteiger partial charge in [0.05, 0.1) is 0 Å². The van der Waals surface area contributed by atoms with Crippen molar-refractivity contribution in [2.75, 3.05) is 19.6 Å². The van der Waals surface area contributed by atoms with E-state index in [2.05, 4.69) is 46.4 Å². The molecule has 0 unspecified atom stereocenters. The molecule has 5 heteroatoms. The SMILES string of the molecule is C[C@@H]1CN(Cc2cnc(-c3ccccc3)s2)CCN1.Cl. The predicted molar refractivity (Wildman–Crippen MR) is 87.5 cm³/mol. The normalized spacial score (nSPS) is 19.6. The first kappa shape index (κ1) is 15.4. The van der Waals surface area contributed by atoms with Crippen LogP contribution in [0.2, 0.25) is 0 Å². The summed E-state index contributed by atoms with van der Waals surface area (Å²) in [6, 6.07) is 11.0. The van der Waals surface area contributed by atoms with E-state index in [4.69, 9.17) is 0 Å². The maximum Gasteiger partial charge on any atom is 0.123 e. The van der Waals surface area contributed by atoms with Gasteiger partial charge in [0.2, 0.25) is 0 Å². The maximum absolute atomic E-state index is 4.55. The lowest BCUT2D eigenvalue weighted by atomic mass is 10.2. The van der Waals surface area contributed by atoms with E-state index in [9.17, 15) is 0 Å². The summed E-state index contributed by atoms with van der Waals surface area (Å²) >= 11 is 1.81. The van der Waals surface area contributed by atoms with Crippen molar-refractivity contribution in [3.63, 3.8) is 0 Å². The van der Waals surface area contributed by atoms with E-state index >= 15 is 0 Å². The minimum atomic E-state index is 0. The van der Waals surface area contributed by atoms with Crippen molar-refractivity contribution >= 4 is 23.7 Å². The average molecular weight is 310 g/mol. The van der Waals surface area contributed by atoms with E-state index < -0.39 is 0 Å². The Bertz CT molecular complexity index is 529. The van der Waals surface area contributed by atoms with Crippen molar-refractivity contribution in [1.29, 1.82) is 0 Å². The van der Waals surface area contributed by atoms with Gasteiger partial charge in [0.25, 0.3) is 0 Å². The molecule has 3 rings (SSSR count). The Kier molecular flexibility index (Phi) is 5.54. The molecule has 108 valence electrons. The second-order valence-corrected chi connectivity index (χ2v) is 6.20. The Morgan fingerprint density at radius 2 is 2.15 bits per heavy atom. The summed E-state index contributed by atoms with van der Waals surface area (Å²) in [7, 11) is 0. The van der Waals surface area contributed by atoms with Crippen LogP contribution in [0.4, 0.5) is 0 Å². The van der Waals surface area contributed by atoms with Crippen LogP contribution in [0.5, 0.6) is 0 Å². The molecule has 1 saturated heterocycles. The Balaban J connectivity index is 0.00000147. The molecule has 0 saturated carbocycles. The summed E-state index contributed by atoms with van der Waals surface area (Å²) in [5, 5.41) is 4.60. The van der Waals surface area contributed by atoms with Gasteiger partial charge in [-0.25, -0.2) is 4.98 Å². The first-order chi connectivity index (χ1) is 9.31. The van der Waals surface area contributed by atoms with E-state index in [1.54, 1.807) is 0 Å².